The third kappa shape index (κ3) is 2.77. The predicted molar refractivity (Wildman–Crippen MR) is 95.2 cm³/mol. The van der Waals surface area contributed by atoms with Crippen LogP contribution in [0.2, 0.25) is 0 Å². The molecule has 124 valence electrons. The van der Waals surface area contributed by atoms with Crippen LogP contribution in [0.4, 0.5) is 0 Å². The highest BCUT2D eigenvalue weighted by Crippen LogP contribution is 2.36. The summed E-state index contributed by atoms with van der Waals surface area (Å²) >= 11 is 1.41. The summed E-state index contributed by atoms with van der Waals surface area (Å²) in [6, 6.07) is 10.6. The van der Waals surface area contributed by atoms with Crippen molar-refractivity contribution < 1.29 is 5.11 Å². The number of nitrogens with one attached hydrogen (secondary N) is 1. The average molecular weight is 341 g/mol. The van der Waals surface area contributed by atoms with Crippen LogP contribution >= 0.6 is 11.3 Å². The first-order chi connectivity index (χ1) is 11.8. The molecule has 1 atom stereocenters. The quantitative estimate of drug-likeness (QED) is 0.748. The molecule has 1 aliphatic carbocycles. The molecule has 1 unspecified atom stereocenters. The lowest BCUT2D eigenvalue weighted by Gasteiger charge is -2.28. The number of hydrogen-bond donors (Lipinski definition) is 2. The van der Waals surface area contributed by atoms with Crippen molar-refractivity contribution in [1.29, 1.82) is 0 Å². The van der Waals surface area contributed by atoms with Crippen molar-refractivity contribution in [3.05, 3.63) is 63.0 Å². The minimum absolute atomic E-state index is 0.0826. The number of aromatic nitrogens is 2. The molecular formula is C18H19N3O2S. The molecular weight excluding hydrogens is 322 g/mol. The van der Waals surface area contributed by atoms with E-state index in [9.17, 15) is 9.90 Å². The monoisotopic (exact) mass is 341 g/mol. The number of nitrogens with zero attached hydrogens (tertiary/aromatic N) is 2. The third-order valence-electron chi connectivity index (χ3n) is 4.65. The molecule has 0 amide bonds. The second-order valence-electron chi connectivity index (χ2n) is 6.09. The van der Waals surface area contributed by atoms with Crippen LogP contribution in [0.5, 0.6) is 0 Å². The van der Waals surface area contributed by atoms with Gasteiger partial charge in [0.05, 0.1) is 18.7 Å². The normalized spacial score (nSPS) is 16.8. The maximum Gasteiger partial charge on any atom is 0.268 e. The van der Waals surface area contributed by atoms with Gasteiger partial charge in [-0.3, -0.25) is 9.69 Å². The zero-order chi connectivity index (χ0) is 16.5. The standard InChI is InChI=1S/C18H19N3O2S/c22-9-8-21(15-6-5-12-3-1-2-4-13(12)15)11-16-19-14-7-10-24-17(14)18(23)20-16/h1-4,7,10,15,22H,5-6,8-9,11H2,(H,19,20,23). The molecule has 0 spiro atoms. The summed E-state index contributed by atoms with van der Waals surface area (Å²) in [4.78, 5) is 21.8. The van der Waals surface area contributed by atoms with Gasteiger partial charge in [-0.25, -0.2) is 4.98 Å². The van der Waals surface area contributed by atoms with Gasteiger partial charge in [0, 0.05) is 12.6 Å². The van der Waals surface area contributed by atoms with Crippen LogP contribution in [0.3, 0.4) is 0 Å². The number of H-pyrrole nitrogens is 1. The summed E-state index contributed by atoms with van der Waals surface area (Å²) in [6.45, 7) is 1.18. The average Bonchev–Trinajstić information content (AvgIpc) is 3.21. The lowest BCUT2D eigenvalue weighted by molar-refractivity contribution is 0.140. The fourth-order valence-corrected chi connectivity index (χ4v) is 4.30. The highest BCUT2D eigenvalue weighted by atomic mass is 32.1. The number of aromatic amines is 1. The number of benzene rings is 1. The van der Waals surface area contributed by atoms with E-state index in [-0.39, 0.29) is 18.2 Å². The lowest BCUT2D eigenvalue weighted by Crippen LogP contribution is -2.31. The van der Waals surface area contributed by atoms with Crippen molar-refractivity contribution in [3.8, 4) is 0 Å². The van der Waals surface area contributed by atoms with Crippen LogP contribution in [-0.2, 0) is 13.0 Å². The second kappa shape index (κ2) is 6.47. The summed E-state index contributed by atoms with van der Waals surface area (Å²) in [5.41, 5.74) is 3.36. The summed E-state index contributed by atoms with van der Waals surface area (Å²) < 4.78 is 0.665. The van der Waals surface area contributed by atoms with Crippen molar-refractivity contribution in [1.82, 2.24) is 14.9 Å². The Morgan fingerprint density at radius 2 is 2.21 bits per heavy atom. The fourth-order valence-electron chi connectivity index (χ4n) is 3.58. The van der Waals surface area contributed by atoms with E-state index < -0.39 is 0 Å². The Kier molecular flexibility index (Phi) is 4.18. The molecule has 6 heteroatoms. The van der Waals surface area contributed by atoms with Gasteiger partial charge in [0.25, 0.3) is 5.56 Å². The molecule has 0 bridgehead atoms. The first kappa shape index (κ1) is 15.5. The Balaban J connectivity index is 1.65. The summed E-state index contributed by atoms with van der Waals surface area (Å²) in [7, 11) is 0. The maximum atomic E-state index is 12.2. The fraction of sp³-hybridized carbons (Fsp3) is 0.333. The second-order valence-corrected chi connectivity index (χ2v) is 7.01. The molecule has 0 saturated heterocycles. The Morgan fingerprint density at radius 3 is 3.08 bits per heavy atom. The highest BCUT2D eigenvalue weighted by molar-refractivity contribution is 7.17. The molecule has 4 rings (SSSR count). The number of aliphatic hydroxyl groups excluding tert-OH is 1. The molecule has 0 saturated carbocycles. The molecule has 5 nitrogen and oxygen atoms in total. The molecule has 2 aromatic heterocycles. The minimum Gasteiger partial charge on any atom is -0.395 e. The number of hydrogen-bond acceptors (Lipinski definition) is 5. The van der Waals surface area contributed by atoms with Gasteiger partial charge < -0.3 is 10.1 Å². The van der Waals surface area contributed by atoms with Gasteiger partial charge >= 0.3 is 0 Å². The SMILES string of the molecule is O=c1[nH]c(CN(CCO)C2CCc3ccccc32)nc2ccsc12. The van der Waals surface area contributed by atoms with E-state index in [0.29, 0.717) is 23.6 Å². The zero-order valence-corrected chi connectivity index (χ0v) is 14.1. The van der Waals surface area contributed by atoms with Gasteiger partial charge in [-0.1, -0.05) is 24.3 Å². The molecule has 2 heterocycles. The van der Waals surface area contributed by atoms with Crippen LogP contribution in [-0.4, -0.2) is 33.1 Å². The Morgan fingerprint density at radius 1 is 1.33 bits per heavy atom. The Labute approximate surface area is 143 Å². The first-order valence-corrected chi connectivity index (χ1v) is 9.03. The van der Waals surface area contributed by atoms with Gasteiger partial charge in [0.2, 0.25) is 0 Å². The Hall–Kier alpha value is -2.02. The molecule has 1 aliphatic rings. The van der Waals surface area contributed by atoms with Crippen LogP contribution in [0, 0.1) is 0 Å². The highest BCUT2D eigenvalue weighted by Gasteiger charge is 2.27. The van der Waals surface area contributed by atoms with Crippen LogP contribution in [0.15, 0.2) is 40.5 Å². The first-order valence-electron chi connectivity index (χ1n) is 8.15. The number of fused-ring (bicyclic) bond motifs is 2. The molecule has 2 N–H and O–H groups in total. The van der Waals surface area contributed by atoms with Crippen molar-refractivity contribution in [2.75, 3.05) is 13.2 Å². The van der Waals surface area contributed by atoms with Crippen LogP contribution in [0.1, 0.15) is 29.4 Å². The summed E-state index contributed by atoms with van der Waals surface area (Å²) in [5, 5.41) is 11.4. The van der Waals surface area contributed by atoms with E-state index in [1.54, 1.807) is 0 Å². The van der Waals surface area contributed by atoms with Gasteiger partial charge in [-0.05, 0) is 35.4 Å². The number of thiophene rings is 1. The van der Waals surface area contributed by atoms with Gasteiger partial charge in [-0.2, -0.15) is 0 Å². The smallest absolute Gasteiger partial charge is 0.268 e. The molecule has 24 heavy (non-hydrogen) atoms. The van der Waals surface area contributed by atoms with E-state index in [1.807, 2.05) is 11.4 Å². The minimum atomic E-state index is -0.0826. The molecule has 3 aromatic rings. The Bertz CT molecular complexity index is 918. The predicted octanol–water partition coefficient (Wildman–Crippen LogP) is 2.47. The van der Waals surface area contributed by atoms with Gasteiger partial charge in [0.15, 0.2) is 0 Å². The van der Waals surface area contributed by atoms with E-state index in [0.717, 1.165) is 18.4 Å². The van der Waals surface area contributed by atoms with Crippen molar-refractivity contribution in [2.24, 2.45) is 0 Å². The third-order valence-corrected chi connectivity index (χ3v) is 5.55. The number of rotatable bonds is 5. The van der Waals surface area contributed by atoms with E-state index in [4.69, 9.17) is 0 Å². The van der Waals surface area contributed by atoms with Crippen molar-refractivity contribution >= 4 is 21.6 Å². The largest absolute Gasteiger partial charge is 0.395 e. The van der Waals surface area contributed by atoms with E-state index >= 15 is 0 Å². The maximum absolute atomic E-state index is 12.2. The van der Waals surface area contributed by atoms with Crippen molar-refractivity contribution in [2.45, 2.75) is 25.4 Å². The molecule has 0 aliphatic heterocycles. The number of aryl methyl sites for hydroxylation is 1. The van der Waals surface area contributed by atoms with Gasteiger partial charge in [0.1, 0.15) is 10.5 Å². The van der Waals surface area contributed by atoms with E-state index in [2.05, 4.69) is 39.1 Å². The number of aliphatic hydroxyl groups is 1. The molecule has 1 aromatic carbocycles. The van der Waals surface area contributed by atoms with E-state index in [1.165, 1.54) is 22.5 Å². The van der Waals surface area contributed by atoms with Gasteiger partial charge in [-0.15, -0.1) is 11.3 Å². The van der Waals surface area contributed by atoms with Crippen LogP contribution in [0.25, 0.3) is 10.2 Å². The molecule has 0 radical (unpaired) electrons. The summed E-state index contributed by atoms with van der Waals surface area (Å²) in [6.07, 6.45) is 2.08. The van der Waals surface area contributed by atoms with Crippen molar-refractivity contribution in [3.63, 3.8) is 0 Å². The summed E-state index contributed by atoms with van der Waals surface area (Å²) in [5.74, 6) is 0.656. The lowest BCUT2D eigenvalue weighted by atomic mass is 10.1. The zero-order valence-electron chi connectivity index (χ0n) is 13.2. The topological polar surface area (TPSA) is 69.2 Å². The van der Waals surface area contributed by atoms with Crippen LogP contribution < -0.4 is 5.56 Å². The molecule has 0 fully saturated rings.